The van der Waals surface area contributed by atoms with Crippen LogP contribution in [0.5, 0.6) is 0 Å². The molecule has 9 heteroatoms. The Morgan fingerprint density at radius 3 is 2.92 bits per heavy atom. The number of carbonyl (C=O) groups excluding carboxylic acids is 1. The van der Waals surface area contributed by atoms with E-state index in [1.54, 1.807) is 18.2 Å². The van der Waals surface area contributed by atoms with Crippen LogP contribution in [0.25, 0.3) is 0 Å². The van der Waals surface area contributed by atoms with Crippen LogP contribution in [-0.2, 0) is 22.5 Å². The van der Waals surface area contributed by atoms with E-state index in [9.17, 15) is 4.79 Å². The molecule has 3 rings (SSSR count). The average molecular weight is 347 g/mol. The molecule has 0 N–H and O–H groups in total. The summed E-state index contributed by atoms with van der Waals surface area (Å²) >= 11 is 0. The van der Waals surface area contributed by atoms with Gasteiger partial charge in [0.15, 0.2) is 5.82 Å². The molecule has 0 spiro atoms. The molecule has 0 radical (unpaired) electrons. The smallest absolute Gasteiger partial charge is 0.274 e. The molecule has 1 saturated heterocycles. The van der Waals surface area contributed by atoms with Gasteiger partial charge in [-0.25, -0.2) is 4.98 Å². The van der Waals surface area contributed by atoms with Crippen molar-refractivity contribution in [2.75, 3.05) is 26.8 Å². The summed E-state index contributed by atoms with van der Waals surface area (Å²) in [6.45, 7) is 2.09. The number of amides is 1. The second-order valence-electron chi connectivity index (χ2n) is 5.74. The molecule has 0 atom stereocenters. The molecule has 2 aromatic rings. The van der Waals surface area contributed by atoms with Gasteiger partial charge in [-0.1, -0.05) is 5.16 Å². The van der Waals surface area contributed by atoms with Gasteiger partial charge < -0.3 is 18.9 Å². The largest absolute Gasteiger partial charge is 0.384 e. The number of rotatable bonds is 7. The number of aromatic nitrogens is 4. The quantitative estimate of drug-likeness (QED) is 0.727. The van der Waals surface area contributed by atoms with E-state index in [1.807, 2.05) is 0 Å². The van der Waals surface area contributed by atoms with Gasteiger partial charge in [-0.05, 0) is 12.8 Å². The van der Waals surface area contributed by atoms with E-state index >= 15 is 0 Å². The molecule has 1 aliphatic rings. The van der Waals surface area contributed by atoms with E-state index in [4.69, 9.17) is 14.0 Å². The predicted octanol–water partition coefficient (Wildman–Crippen LogP) is 0.870. The maximum atomic E-state index is 12.3. The number of ether oxygens (including phenoxy) is 2. The zero-order valence-electron chi connectivity index (χ0n) is 14.1. The second-order valence-corrected chi connectivity index (χ2v) is 5.74. The van der Waals surface area contributed by atoms with Crippen molar-refractivity contribution < 1.29 is 18.8 Å². The topological polar surface area (TPSA) is 103 Å². The number of piperidine rings is 1. The average Bonchev–Trinajstić information content (AvgIpc) is 3.13. The Labute approximate surface area is 145 Å². The molecule has 25 heavy (non-hydrogen) atoms. The lowest BCUT2D eigenvalue weighted by atomic mass is 10.1. The fraction of sp³-hybridized carbons (Fsp3) is 0.562. The summed E-state index contributed by atoms with van der Waals surface area (Å²) in [4.78, 5) is 26.3. The third-order valence-electron chi connectivity index (χ3n) is 3.99. The van der Waals surface area contributed by atoms with E-state index < -0.39 is 0 Å². The molecule has 134 valence electrons. The Balaban J connectivity index is 1.42. The highest BCUT2D eigenvalue weighted by atomic mass is 16.5. The Kier molecular flexibility index (Phi) is 6.02. The van der Waals surface area contributed by atoms with Crippen molar-refractivity contribution in [1.29, 1.82) is 0 Å². The van der Waals surface area contributed by atoms with Crippen LogP contribution in [0.2, 0.25) is 0 Å². The Hall–Kier alpha value is -2.39. The zero-order valence-corrected chi connectivity index (χ0v) is 14.1. The number of nitrogens with zero attached hydrogens (tertiary/aromatic N) is 5. The maximum absolute atomic E-state index is 12.3. The lowest BCUT2D eigenvalue weighted by Crippen LogP contribution is -2.41. The third kappa shape index (κ3) is 4.80. The summed E-state index contributed by atoms with van der Waals surface area (Å²) in [6, 6.07) is 0. The molecule has 0 unspecified atom stereocenters. The molecular formula is C16H21N5O4. The summed E-state index contributed by atoms with van der Waals surface area (Å²) in [5, 5.41) is 3.87. The number of methoxy groups -OCH3 is 1. The molecule has 0 bridgehead atoms. The summed E-state index contributed by atoms with van der Waals surface area (Å²) in [5.41, 5.74) is 0.372. The molecular weight excluding hydrogens is 326 g/mol. The molecule has 1 fully saturated rings. The summed E-state index contributed by atoms with van der Waals surface area (Å²) < 4.78 is 16.0. The fourth-order valence-electron chi connectivity index (χ4n) is 2.63. The summed E-state index contributed by atoms with van der Waals surface area (Å²) in [5.74, 6) is 0.986. The lowest BCUT2D eigenvalue weighted by Gasteiger charge is -2.31. The first-order valence-corrected chi connectivity index (χ1v) is 8.23. The normalized spacial score (nSPS) is 15.5. The van der Waals surface area contributed by atoms with Gasteiger partial charge in [-0.2, -0.15) is 4.98 Å². The van der Waals surface area contributed by atoms with Crippen molar-refractivity contribution >= 4 is 5.91 Å². The van der Waals surface area contributed by atoms with Gasteiger partial charge in [-0.15, -0.1) is 0 Å². The Morgan fingerprint density at radius 2 is 2.20 bits per heavy atom. The Morgan fingerprint density at radius 1 is 1.36 bits per heavy atom. The van der Waals surface area contributed by atoms with E-state index in [-0.39, 0.29) is 18.6 Å². The second kappa shape index (κ2) is 8.63. The van der Waals surface area contributed by atoms with Crippen LogP contribution in [0.4, 0.5) is 0 Å². The monoisotopic (exact) mass is 347 g/mol. The van der Waals surface area contributed by atoms with Crippen LogP contribution in [0.1, 0.15) is 35.0 Å². The highest BCUT2D eigenvalue weighted by Crippen LogP contribution is 2.17. The minimum atomic E-state index is -0.0914. The molecule has 9 nitrogen and oxygen atoms in total. The van der Waals surface area contributed by atoms with Gasteiger partial charge in [0.05, 0.1) is 18.9 Å². The molecule has 0 aromatic carbocycles. The van der Waals surface area contributed by atoms with E-state index in [2.05, 4.69) is 20.1 Å². The van der Waals surface area contributed by atoms with Crippen LogP contribution in [-0.4, -0.2) is 63.8 Å². The van der Waals surface area contributed by atoms with E-state index in [0.29, 0.717) is 43.5 Å². The lowest BCUT2D eigenvalue weighted by molar-refractivity contribution is -0.00989. The van der Waals surface area contributed by atoms with E-state index in [1.165, 1.54) is 12.4 Å². The highest BCUT2D eigenvalue weighted by molar-refractivity contribution is 5.92. The molecule has 2 aromatic heterocycles. The molecule has 1 aliphatic heterocycles. The van der Waals surface area contributed by atoms with Gasteiger partial charge in [0, 0.05) is 39.0 Å². The van der Waals surface area contributed by atoms with Crippen LogP contribution in [0.15, 0.2) is 23.1 Å². The van der Waals surface area contributed by atoms with Crippen LogP contribution >= 0.6 is 0 Å². The van der Waals surface area contributed by atoms with Gasteiger partial charge in [0.25, 0.3) is 11.8 Å². The van der Waals surface area contributed by atoms with Crippen LogP contribution < -0.4 is 0 Å². The Bertz CT molecular complexity index is 670. The predicted molar refractivity (Wildman–Crippen MR) is 85.6 cm³/mol. The molecule has 1 amide bonds. The van der Waals surface area contributed by atoms with Crippen molar-refractivity contribution in [2.45, 2.75) is 32.0 Å². The summed E-state index contributed by atoms with van der Waals surface area (Å²) in [7, 11) is 1.63. The van der Waals surface area contributed by atoms with Gasteiger partial charge in [-0.3, -0.25) is 9.78 Å². The fourth-order valence-corrected chi connectivity index (χ4v) is 2.63. The number of hydrogen-bond acceptors (Lipinski definition) is 8. The first-order valence-electron chi connectivity index (χ1n) is 8.23. The van der Waals surface area contributed by atoms with Crippen molar-refractivity contribution in [3.63, 3.8) is 0 Å². The molecule has 3 heterocycles. The number of carbonyl (C=O) groups is 1. The first kappa shape index (κ1) is 17.4. The zero-order chi connectivity index (χ0) is 17.5. The highest BCUT2D eigenvalue weighted by Gasteiger charge is 2.25. The first-order chi connectivity index (χ1) is 12.3. The van der Waals surface area contributed by atoms with Crippen LogP contribution in [0, 0.1) is 0 Å². The van der Waals surface area contributed by atoms with Crippen molar-refractivity contribution in [2.24, 2.45) is 0 Å². The maximum Gasteiger partial charge on any atom is 0.274 e. The minimum absolute atomic E-state index is 0.0697. The third-order valence-corrected chi connectivity index (χ3v) is 3.99. The SMILES string of the molecule is COCCc1noc(COC2CCN(C(=O)c3cnccn3)CC2)n1. The van der Waals surface area contributed by atoms with Gasteiger partial charge in [0.1, 0.15) is 12.3 Å². The molecule has 0 aliphatic carbocycles. The number of hydrogen-bond donors (Lipinski definition) is 0. The van der Waals surface area contributed by atoms with Gasteiger partial charge in [0.2, 0.25) is 0 Å². The number of likely N-dealkylation sites (tertiary alicyclic amines) is 1. The summed E-state index contributed by atoms with van der Waals surface area (Å²) in [6.07, 6.45) is 6.77. The molecule has 0 saturated carbocycles. The standard InChI is InChI=1S/C16H21N5O4/c1-23-9-4-14-19-15(25-20-14)11-24-12-2-7-21(8-3-12)16(22)13-10-17-5-6-18-13/h5-6,10,12H,2-4,7-9,11H2,1H3. The van der Waals surface area contributed by atoms with E-state index in [0.717, 1.165) is 12.8 Å². The minimum Gasteiger partial charge on any atom is -0.384 e. The van der Waals surface area contributed by atoms with Crippen molar-refractivity contribution in [1.82, 2.24) is 25.0 Å². The van der Waals surface area contributed by atoms with Crippen LogP contribution in [0.3, 0.4) is 0 Å². The van der Waals surface area contributed by atoms with Gasteiger partial charge >= 0.3 is 0 Å². The van der Waals surface area contributed by atoms with Crippen molar-refractivity contribution in [3.8, 4) is 0 Å². The van der Waals surface area contributed by atoms with Crippen molar-refractivity contribution in [3.05, 3.63) is 36.0 Å².